The van der Waals surface area contributed by atoms with Gasteiger partial charge in [-0.15, -0.1) is 0 Å². The van der Waals surface area contributed by atoms with Crippen LogP contribution in [-0.2, 0) is 4.79 Å². The van der Waals surface area contributed by atoms with E-state index >= 15 is 0 Å². The van der Waals surface area contributed by atoms with Gasteiger partial charge in [0.1, 0.15) is 5.69 Å². The molecule has 1 aromatic heterocycles. The lowest BCUT2D eigenvalue weighted by molar-refractivity contribution is -0.384. The molecule has 10 nitrogen and oxygen atoms in total. The van der Waals surface area contributed by atoms with Crippen LogP contribution in [0.1, 0.15) is 23.2 Å². The number of piperazine rings is 1. The van der Waals surface area contributed by atoms with Crippen LogP contribution in [0.3, 0.4) is 0 Å². The van der Waals surface area contributed by atoms with Crippen LogP contribution >= 0.6 is 0 Å². The van der Waals surface area contributed by atoms with Gasteiger partial charge in [0.2, 0.25) is 5.91 Å². The van der Waals surface area contributed by atoms with Crippen molar-refractivity contribution in [2.75, 3.05) is 32.7 Å². The molecule has 2 fully saturated rings. The highest BCUT2D eigenvalue weighted by atomic mass is 16.6. The molecule has 4 rings (SSSR count). The van der Waals surface area contributed by atoms with Crippen LogP contribution in [0.2, 0.25) is 0 Å². The van der Waals surface area contributed by atoms with E-state index in [2.05, 4.69) is 10.3 Å². The van der Waals surface area contributed by atoms with Crippen molar-refractivity contribution in [1.29, 1.82) is 0 Å². The third-order valence-corrected chi connectivity index (χ3v) is 5.17. The van der Waals surface area contributed by atoms with Crippen LogP contribution in [0.4, 0.5) is 5.69 Å². The summed E-state index contributed by atoms with van der Waals surface area (Å²) in [5.41, 5.74) is 0.486. The molecule has 2 heterocycles. The van der Waals surface area contributed by atoms with Crippen LogP contribution in [-0.4, -0.2) is 74.9 Å². The molecule has 0 unspecified atom stereocenters. The van der Waals surface area contributed by atoms with E-state index < -0.39 is 4.92 Å². The van der Waals surface area contributed by atoms with Gasteiger partial charge in [-0.3, -0.25) is 24.6 Å². The summed E-state index contributed by atoms with van der Waals surface area (Å²) in [4.78, 5) is 43.4. The molecule has 10 heteroatoms. The minimum absolute atomic E-state index is 0.0259. The SMILES string of the molecule is O=C(CN1CCN(C(=O)c2ccc(-n3ccnc3)c([N+](=O)[O-])c2)CC1)NC1CC1. The van der Waals surface area contributed by atoms with Gasteiger partial charge in [0.25, 0.3) is 11.6 Å². The number of hydrogen-bond acceptors (Lipinski definition) is 6. The van der Waals surface area contributed by atoms with Gasteiger partial charge < -0.3 is 14.8 Å². The molecule has 1 aliphatic carbocycles. The minimum atomic E-state index is -0.497. The van der Waals surface area contributed by atoms with E-state index in [-0.39, 0.29) is 23.1 Å². The van der Waals surface area contributed by atoms with Crippen LogP contribution < -0.4 is 5.32 Å². The number of nitrogens with one attached hydrogen (secondary N) is 1. The van der Waals surface area contributed by atoms with Crippen LogP contribution in [0, 0.1) is 10.1 Å². The highest BCUT2D eigenvalue weighted by molar-refractivity contribution is 5.95. The van der Waals surface area contributed by atoms with Gasteiger partial charge in [-0.05, 0) is 25.0 Å². The molecular weight excluding hydrogens is 376 g/mol. The summed E-state index contributed by atoms with van der Waals surface area (Å²) in [5, 5.41) is 14.5. The second kappa shape index (κ2) is 8.00. The maximum atomic E-state index is 12.8. The topological polar surface area (TPSA) is 114 Å². The molecule has 1 N–H and O–H groups in total. The van der Waals surface area contributed by atoms with Gasteiger partial charge in [-0.25, -0.2) is 4.98 Å². The zero-order chi connectivity index (χ0) is 20.4. The largest absolute Gasteiger partial charge is 0.352 e. The summed E-state index contributed by atoms with van der Waals surface area (Å²) in [6.45, 7) is 2.49. The van der Waals surface area contributed by atoms with E-state index in [4.69, 9.17) is 0 Å². The zero-order valence-electron chi connectivity index (χ0n) is 15.9. The van der Waals surface area contributed by atoms with Gasteiger partial charge >= 0.3 is 0 Å². The summed E-state index contributed by atoms with van der Waals surface area (Å²) < 4.78 is 1.54. The third-order valence-electron chi connectivity index (χ3n) is 5.17. The van der Waals surface area contributed by atoms with Crippen molar-refractivity contribution >= 4 is 17.5 Å². The first-order valence-electron chi connectivity index (χ1n) is 9.59. The van der Waals surface area contributed by atoms with Crippen LogP contribution in [0.5, 0.6) is 0 Å². The molecule has 0 bridgehead atoms. The highest BCUT2D eigenvalue weighted by Crippen LogP contribution is 2.25. The molecule has 2 aromatic rings. The van der Waals surface area contributed by atoms with Crippen molar-refractivity contribution in [3.63, 3.8) is 0 Å². The average molecular weight is 398 g/mol. The fourth-order valence-electron chi connectivity index (χ4n) is 3.42. The highest BCUT2D eigenvalue weighted by Gasteiger charge is 2.27. The van der Waals surface area contributed by atoms with Gasteiger partial charge in [0, 0.05) is 56.2 Å². The Balaban J connectivity index is 1.40. The number of aromatic nitrogens is 2. The number of nitrogens with zero attached hydrogens (tertiary/aromatic N) is 5. The Labute approximate surface area is 167 Å². The molecule has 0 radical (unpaired) electrons. The molecule has 1 aromatic carbocycles. The summed E-state index contributed by atoms with van der Waals surface area (Å²) >= 11 is 0. The smallest absolute Gasteiger partial charge is 0.294 e. The second-order valence-corrected chi connectivity index (χ2v) is 7.34. The van der Waals surface area contributed by atoms with Gasteiger partial charge in [-0.1, -0.05) is 0 Å². The lowest BCUT2D eigenvalue weighted by Crippen LogP contribution is -2.51. The zero-order valence-corrected chi connectivity index (χ0v) is 15.9. The third kappa shape index (κ3) is 4.43. The fraction of sp³-hybridized carbons (Fsp3) is 0.421. The molecule has 2 amide bonds. The molecular formula is C19H22N6O4. The number of carbonyl (C=O) groups excluding carboxylic acids is 2. The average Bonchev–Trinajstić information content (AvgIpc) is 3.36. The van der Waals surface area contributed by atoms with Crippen molar-refractivity contribution < 1.29 is 14.5 Å². The quantitative estimate of drug-likeness (QED) is 0.569. The van der Waals surface area contributed by atoms with E-state index in [1.807, 2.05) is 4.90 Å². The monoisotopic (exact) mass is 398 g/mol. The number of benzene rings is 1. The lowest BCUT2D eigenvalue weighted by atomic mass is 10.1. The standard InChI is InChI=1S/C19H22N6O4/c26-18(21-15-2-3-15)12-22-7-9-23(10-8-22)19(27)14-1-4-16(17(11-14)25(28)29)24-6-5-20-13-24/h1,4-6,11,13,15H,2-3,7-10,12H2,(H,21,26). The summed E-state index contributed by atoms with van der Waals surface area (Å²) in [5.74, 6) is -0.217. The molecule has 0 atom stereocenters. The number of imidazole rings is 1. The summed E-state index contributed by atoms with van der Waals surface area (Å²) in [7, 11) is 0. The normalized spacial score (nSPS) is 17.2. The lowest BCUT2D eigenvalue weighted by Gasteiger charge is -2.34. The summed E-state index contributed by atoms with van der Waals surface area (Å²) in [6, 6.07) is 4.81. The van der Waals surface area contributed by atoms with E-state index in [0.717, 1.165) is 12.8 Å². The van der Waals surface area contributed by atoms with Crippen molar-refractivity contribution in [1.82, 2.24) is 24.7 Å². The van der Waals surface area contributed by atoms with Gasteiger partial charge in [0.15, 0.2) is 0 Å². The second-order valence-electron chi connectivity index (χ2n) is 7.34. The Hall–Kier alpha value is -3.27. The number of nitro benzene ring substituents is 1. The van der Waals surface area contributed by atoms with Crippen LogP contribution in [0.15, 0.2) is 36.9 Å². The van der Waals surface area contributed by atoms with Gasteiger partial charge in [-0.2, -0.15) is 0 Å². The molecule has 1 saturated carbocycles. The van der Waals surface area contributed by atoms with Crippen molar-refractivity contribution in [3.05, 3.63) is 52.6 Å². The Morgan fingerprint density at radius 1 is 1.21 bits per heavy atom. The maximum Gasteiger partial charge on any atom is 0.294 e. The fourth-order valence-corrected chi connectivity index (χ4v) is 3.42. The van der Waals surface area contributed by atoms with Crippen molar-refractivity contribution in [2.24, 2.45) is 0 Å². The first-order valence-corrected chi connectivity index (χ1v) is 9.59. The number of nitro groups is 1. The Morgan fingerprint density at radius 2 is 1.97 bits per heavy atom. The molecule has 1 saturated heterocycles. The van der Waals surface area contributed by atoms with E-state index in [1.54, 1.807) is 23.2 Å². The van der Waals surface area contributed by atoms with Gasteiger partial charge in [0.05, 0.1) is 17.8 Å². The Bertz CT molecular complexity index is 917. The van der Waals surface area contributed by atoms with Crippen molar-refractivity contribution in [2.45, 2.75) is 18.9 Å². The minimum Gasteiger partial charge on any atom is -0.352 e. The molecule has 29 heavy (non-hydrogen) atoms. The molecule has 2 aliphatic rings. The van der Waals surface area contributed by atoms with E-state index in [1.165, 1.54) is 23.2 Å². The summed E-state index contributed by atoms with van der Waals surface area (Å²) in [6.07, 6.45) is 6.73. The Kier molecular flexibility index (Phi) is 5.26. The number of amides is 2. The molecule has 152 valence electrons. The predicted molar refractivity (Wildman–Crippen MR) is 104 cm³/mol. The van der Waals surface area contributed by atoms with E-state index in [0.29, 0.717) is 44.5 Å². The first-order chi connectivity index (χ1) is 14.0. The number of hydrogen-bond donors (Lipinski definition) is 1. The number of carbonyl (C=O) groups is 2. The first kappa shape index (κ1) is 19.1. The number of rotatable bonds is 6. The van der Waals surface area contributed by atoms with Crippen molar-refractivity contribution in [3.8, 4) is 5.69 Å². The molecule has 1 aliphatic heterocycles. The van der Waals surface area contributed by atoms with E-state index in [9.17, 15) is 19.7 Å². The maximum absolute atomic E-state index is 12.8. The Morgan fingerprint density at radius 3 is 2.59 bits per heavy atom. The predicted octanol–water partition coefficient (Wildman–Crippen LogP) is 0.817. The van der Waals surface area contributed by atoms with Crippen LogP contribution in [0.25, 0.3) is 5.69 Å². The molecule has 0 spiro atoms.